The average Bonchev–Trinajstić information content (AvgIpc) is 2.80. The number of aromatic amines is 1. The molecule has 0 fully saturated rings. The molecule has 0 atom stereocenters. The predicted octanol–water partition coefficient (Wildman–Crippen LogP) is 2.65. The Labute approximate surface area is 141 Å². The van der Waals surface area contributed by atoms with Crippen molar-refractivity contribution in [2.45, 2.75) is 52.4 Å². The maximum Gasteiger partial charge on any atom is 0.333 e. The van der Waals surface area contributed by atoms with Gasteiger partial charge in [0.25, 0.3) is 5.56 Å². The summed E-state index contributed by atoms with van der Waals surface area (Å²) in [4.78, 5) is 25.8. The smallest absolute Gasteiger partial charge is 0.333 e. The van der Waals surface area contributed by atoms with Gasteiger partial charge in [-0.15, -0.1) is 0 Å². The fourth-order valence-electron chi connectivity index (χ4n) is 1.94. The Morgan fingerprint density at radius 3 is 2.54 bits per heavy atom. The average molecular weight is 352 g/mol. The zero-order chi connectivity index (χ0) is 18.3. The lowest BCUT2D eigenvalue weighted by Crippen LogP contribution is -2.40. The van der Waals surface area contributed by atoms with Crippen molar-refractivity contribution < 1.29 is 13.9 Å². The zero-order valence-electron chi connectivity index (χ0n) is 14.9. The molecule has 2 aromatic rings. The summed E-state index contributed by atoms with van der Waals surface area (Å²) in [6.45, 7) is 12.4. The Morgan fingerprint density at radius 2 is 1.96 bits per heavy atom. The lowest BCUT2D eigenvalue weighted by atomic mass is 10.2. The van der Waals surface area contributed by atoms with E-state index in [2.05, 4.69) is 38.8 Å². The number of nitrogens with one attached hydrogen (secondary N) is 1. The number of H-pyrrole nitrogens is 1. The minimum atomic E-state index is -2.00. The van der Waals surface area contributed by atoms with E-state index in [9.17, 15) is 14.7 Å². The van der Waals surface area contributed by atoms with Gasteiger partial charge >= 0.3 is 11.6 Å². The third-order valence-corrected chi connectivity index (χ3v) is 9.05. The Balaban J connectivity index is 2.42. The molecule has 2 N–H and O–H groups in total. The van der Waals surface area contributed by atoms with Crippen molar-refractivity contribution in [3.8, 4) is 11.6 Å². The molecule has 7 nitrogen and oxygen atoms in total. The van der Waals surface area contributed by atoms with Crippen LogP contribution in [0, 0.1) is 6.92 Å². The lowest BCUT2D eigenvalue weighted by molar-refractivity contribution is 0.275. The molecule has 0 aliphatic rings. The number of furan rings is 1. The molecule has 0 unspecified atom stereocenters. The number of nitrogens with zero attached hydrogens (tertiary/aromatic N) is 1. The van der Waals surface area contributed by atoms with Crippen molar-refractivity contribution in [3.05, 3.63) is 44.4 Å². The number of rotatable bonds is 4. The molecular weight excluding hydrogens is 328 g/mol. The first kappa shape index (κ1) is 18.3. The van der Waals surface area contributed by atoms with E-state index >= 15 is 0 Å². The molecule has 24 heavy (non-hydrogen) atoms. The standard InChI is InChI=1S/C16H24N2O5Si/c1-10-7-18(15(21)17-13(10)19)12-11(8-22-14(12)20)9-23-24(5,6)16(2,3)4/h7-8,20H,9H2,1-6H3,(H,17,19,21). The van der Waals surface area contributed by atoms with Crippen LogP contribution < -0.4 is 11.2 Å². The van der Waals surface area contributed by atoms with Crippen LogP contribution in [0.5, 0.6) is 5.95 Å². The fraction of sp³-hybridized carbons (Fsp3) is 0.500. The van der Waals surface area contributed by atoms with Crippen LogP contribution >= 0.6 is 0 Å². The van der Waals surface area contributed by atoms with Crippen LogP contribution in [0.1, 0.15) is 31.9 Å². The Hall–Kier alpha value is -2.06. The number of aromatic nitrogens is 2. The molecule has 0 amide bonds. The summed E-state index contributed by atoms with van der Waals surface area (Å²) in [7, 11) is -2.00. The molecule has 0 saturated heterocycles. The van der Waals surface area contributed by atoms with Gasteiger partial charge in [-0.2, -0.15) is 0 Å². The SMILES string of the molecule is Cc1cn(-c2c(CO[Si](C)(C)C(C)(C)C)coc2O)c(=O)[nH]c1=O. The molecule has 0 saturated carbocycles. The lowest BCUT2D eigenvalue weighted by Gasteiger charge is -2.36. The first-order valence-electron chi connectivity index (χ1n) is 7.70. The Morgan fingerprint density at radius 1 is 1.33 bits per heavy atom. The van der Waals surface area contributed by atoms with Crippen molar-refractivity contribution in [1.29, 1.82) is 0 Å². The van der Waals surface area contributed by atoms with Gasteiger partial charge in [-0.1, -0.05) is 20.8 Å². The Kier molecular flexibility index (Phi) is 4.65. The van der Waals surface area contributed by atoms with Gasteiger partial charge in [-0.3, -0.25) is 14.3 Å². The summed E-state index contributed by atoms with van der Waals surface area (Å²) in [5, 5.41) is 10.0. The largest absolute Gasteiger partial charge is 0.479 e. The second-order valence-electron chi connectivity index (χ2n) is 7.41. The summed E-state index contributed by atoms with van der Waals surface area (Å²) >= 11 is 0. The van der Waals surface area contributed by atoms with E-state index in [0.29, 0.717) is 11.1 Å². The normalized spacial score (nSPS) is 12.6. The van der Waals surface area contributed by atoms with E-state index in [1.54, 1.807) is 6.92 Å². The monoisotopic (exact) mass is 352 g/mol. The summed E-state index contributed by atoms with van der Waals surface area (Å²) in [6, 6.07) is 0. The molecule has 2 heterocycles. The highest BCUT2D eigenvalue weighted by Gasteiger charge is 2.37. The van der Waals surface area contributed by atoms with Crippen LogP contribution in [0.2, 0.25) is 18.1 Å². The van der Waals surface area contributed by atoms with Crippen molar-refractivity contribution >= 4 is 8.32 Å². The van der Waals surface area contributed by atoms with Crippen LogP contribution in [0.4, 0.5) is 0 Å². The van der Waals surface area contributed by atoms with E-state index < -0.39 is 25.5 Å². The highest BCUT2D eigenvalue weighted by atomic mass is 28.4. The topological polar surface area (TPSA) is 97.5 Å². The molecule has 2 aromatic heterocycles. The third kappa shape index (κ3) is 3.39. The number of aryl methyl sites for hydroxylation is 1. The molecule has 0 bridgehead atoms. The second kappa shape index (κ2) is 6.10. The first-order chi connectivity index (χ1) is 10.9. The van der Waals surface area contributed by atoms with E-state index in [1.807, 2.05) is 0 Å². The second-order valence-corrected chi connectivity index (χ2v) is 12.2. The number of aromatic hydroxyl groups is 1. The maximum atomic E-state index is 12.1. The molecule has 2 rings (SSSR count). The van der Waals surface area contributed by atoms with E-state index in [0.717, 1.165) is 0 Å². The van der Waals surface area contributed by atoms with Gasteiger partial charge in [0.05, 0.1) is 6.61 Å². The number of hydrogen-bond donors (Lipinski definition) is 2. The molecule has 0 spiro atoms. The molecule has 8 heteroatoms. The van der Waals surface area contributed by atoms with Crippen molar-refractivity contribution in [2.75, 3.05) is 0 Å². The minimum Gasteiger partial charge on any atom is -0.479 e. The Bertz CT molecular complexity index is 855. The maximum absolute atomic E-state index is 12.1. The van der Waals surface area contributed by atoms with E-state index in [-0.39, 0.29) is 17.3 Å². The van der Waals surface area contributed by atoms with Crippen LogP contribution in [0.15, 0.2) is 26.5 Å². The van der Waals surface area contributed by atoms with Gasteiger partial charge in [0, 0.05) is 17.3 Å². The van der Waals surface area contributed by atoms with Gasteiger partial charge < -0.3 is 13.9 Å². The minimum absolute atomic E-state index is 0.0321. The molecule has 0 aliphatic carbocycles. The number of hydrogen-bond acceptors (Lipinski definition) is 5. The van der Waals surface area contributed by atoms with Crippen LogP contribution in [0.3, 0.4) is 0 Å². The molecule has 0 radical (unpaired) electrons. The van der Waals surface area contributed by atoms with Gasteiger partial charge in [-0.25, -0.2) is 4.79 Å². The van der Waals surface area contributed by atoms with Crippen LogP contribution in [0.25, 0.3) is 5.69 Å². The van der Waals surface area contributed by atoms with Crippen LogP contribution in [-0.4, -0.2) is 23.0 Å². The van der Waals surface area contributed by atoms with E-state index in [1.165, 1.54) is 17.0 Å². The predicted molar refractivity (Wildman–Crippen MR) is 93.3 cm³/mol. The van der Waals surface area contributed by atoms with Crippen molar-refractivity contribution in [1.82, 2.24) is 9.55 Å². The zero-order valence-corrected chi connectivity index (χ0v) is 15.9. The van der Waals surface area contributed by atoms with Gasteiger partial charge in [0.1, 0.15) is 12.0 Å². The third-order valence-electron chi connectivity index (χ3n) is 4.58. The molecular formula is C16H24N2O5Si. The van der Waals surface area contributed by atoms with Crippen molar-refractivity contribution in [3.63, 3.8) is 0 Å². The highest BCUT2D eigenvalue weighted by molar-refractivity contribution is 6.74. The molecule has 0 aliphatic heterocycles. The van der Waals surface area contributed by atoms with E-state index in [4.69, 9.17) is 8.84 Å². The molecule has 0 aromatic carbocycles. The molecule has 132 valence electrons. The van der Waals surface area contributed by atoms with Gasteiger partial charge in [0.15, 0.2) is 8.32 Å². The van der Waals surface area contributed by atoms with Crippen LogP contribution in [-0.2, 0) is 11.0 Å². The summed E-state index contributed by atoms with van der Waals surface area (Å²) in [6.07, 6.45) is 2.74. The summed E-state index contributed by atoms with van der Waals surface area (Å²) < 4.78 is 12.4. The summed E-state index contributed by atoms with van der Waals surface area (Å²) in [5.41, 5.74) is -0.00965. The van der Waals surface area contributed by atoms with Crippen molar-refractivity contribution in [2.24, 2.45) is 0 Å². The van der Waals surface area contributed by atoms with Gasteiger partial charge in [0.2, 0.25) is 0 Å². The summed E-state index contributed by atoms with van der Waals surface area (Å²) in [5.74, 6) is -0.391. The fourth-order valence-corrected chi connectivity index (χ4v) is 2.89. The highest BCUT2D eigenvalue weighted by Crippen LogP contribution is 2.38. The first-order valence-corrected chi connectivity index (χ1v) is 10.6. The quantitative estimate of drug-likeness (QED) is 0.825. The van der Waals surface area contributed by atoms with Gasteiger partial charge in [-0.05, 0) is 25.1 Å².